The van der Waals surface area contributed by atoms with Crippen LogP contribution >= 0.6 is 0 Å². The van der Waals surface area contributed by atoms with Crippen molar-refractivity contribution in [3.8, 4) is 11.5 Å². The molecule has 0 aliphatic heterocycles. The zero-order valence-electron chi connectivity index (χ0n) is 13.7. The number of nitrogen functional groups attached to an aromatic ring is 1. The van der Waals surface area contributed by atoms with Crippen molar-refractivity contribution < 1.29 is 14.0 Å². The Morgan fingerprint density at radius 1 is 1.40 bits per heavy atom. The maximum absolute atomic E-state index is 12.4. The maximum Gasteiger partial charge on any atom is 0.277 e. The third kappa shape index (κ3) is 3.39. The van der Waals surface area contributed by atoms with Gasteiger partial charge < -0.3 is 15.5 Å². The molecule has 0 bridgehead atoms. The van der Waals surface area contributed by atoms with Crippen molar-refractivity contribution in [2.75, 3.05) is 11.1 Å². The first-order valence-electron chi connectivity index (χ1n) is 7.53. The number of nitrogens with two attached hydrogens (primary N) is 1. The molecule has 0 saturated heterocycles. The molecule has 3 aromatic rings. The van der Waals surface area contributed by atoms with Crippen molar-refractivity contribution in [1.82, 2.24) is 19.7 Å². The zero-order chi connectivity index (χ0) is 18.0. The first kappa shape index (κ1) is 16.4. The minimum absolute atomic E-state index is 0.0733. The number of aromatic nitrogens is 4. The monoisotopic (exact) mass is 340 g/mol. The summed E-state index contributed by atoms with van der Waals surface area (Å²) >= 11 is 0. The highest BCUT2D eigenvalue weighted by molar-refractivity contribution is 6.07. The third-order valence-electron chi connectivity index (χ3n) is 3.43. The van der Waals surface area contributed by atoms with Gasteiger partial charge in [0.25, 0.3) is 5.91 Å². The lowest BCUT2D eigenvalue weighted by Crippen LogP contribution is -2.14. The van der Waals surface area contributed by atoms with Crippen LogP contribution in [0.15, 0.2) is 35.2 Å². The summed E-state index contributed by atoms with van der Waals surface area (Å²) in [6.45, 7) is 1.73. The van der Waals surface area contributed by atoms with Gasteiger partial charge >= 0.3 is 0 Å². The lowest BCUT2D eigenvalue weighted by atomic mass is 10.2. The van der Waals surface area contributed by atoms with Gasteiger partial charge in [-0.3, -0.25) is 14.3 Å². The van der Waals surface area contributed by atoms with Gasteiger partial charge in [-0.05, 0) is 12.1 Å². The summed E-state index contributed by atoms with van der Waals surface area (Å²) in [4.78, 5) is 32.3. The van der Waals surface area contributed by atoms with Crippen LogP contribution in [0.5, 0.6) is 0 Å². The van der Waals surface area contributed by atoms with Crippen LogP contribution in [-0.4, -0.2) is 31.4 Å². The van der Waals surface area contributed by atoms with Gasteiger partial charge in [0.15, 0.2) is 17.2 Å². The molecule has 9 nitrogen and oxygen atoms in total. The Kier molecular flexibility index (Phi) is 4.29. The fourth-order valence-corrected chi connectivity index (χ4v) is 2.23. The van der Waals surface area contributed by atoms with E-state index in [9.17, 15) is 9.59 Å². The topological polar surface area (TPSA) is 129 Å². The Hall–Kier alpha value is -3.49. The number of aryl methyl sites for hydroxylation is 1. The number of hydrogen-bond acceptors (Lipinski definition) is 7. The smallest absolute Gasteiger partial charge is 0.277 e. The molecular formula is C16H16N6O3. The van der Waals surface area contributed by atoms with Crippen molar-refractivity contribution in [2.45, 2.75) is 13.3 Å². The molecular weight excluding hydrogens is 324 g/mol. The molecule has 0 saturated carbocycles. The minimum Gasteiger partial charge on any atom is -0.444 e. The third-order valence-corrected chi connectivity index (χ3v) is 3.43. The number of carbonyl (C=O) groups is 2. The van der Waals surface area contributed by atoms with Crippen molar-refractivity contribution in [1.29, 1.82) is 0 Å². The number of anilines is 2. The van der Waals surface area contributed by atoms with Crippen LogP contribution < -0.4 is 11.1 Å². The minimum atomic E-state index is -0.504. The second kappa shape index (κ2) is 6.56. The number of nitrogens with one attached hydrogen (secondary N) is 1. The molecule has 9 heteroatoms. The quantitative estimate of drug-likeness (QED) is 0.678. The molecule has 0 aromatic carbocycles. The Balaban J connectivity index is 1.82. The van der Waals surface area contributed by atoms with Crippen LogP contribution in [0.1, 0.15) is 34.3 Å². The summed E-state index contributed by atoms with van der Waals surface area (Å²) < 4.78 is 6.79. The Labute approximate surface area is 142 Å². The zero-order valence-corrected chi connectivity index (χ0v) is 13.7. The highest BCUT2D eigenvalue weighted by Crippen LogP contribution is 2.21. The van der Waals surface area contributed by atoms with Gasteiger partial charge in [0.2, 0.25) is 5.89 Å². The van der Waals surface area contributed by atoms with E-state index in [2.05, 4.69) is 20.4 Å². The van der Waals surface area contributed by atoms with E-state index in [-0.39, 0.29) is 29.5 Å². The first-order valence-corrected chi connectivity index (χ1v) is 7.53. The standard InChI is InChI=1S/C16H16N6O3/c1-3-12(23)14-10(7-22(2)21-14)19-15(24)11-8-25-16(20-11)9-4-5-18-13(17)6-9/h4-8H,3H2,1-2H3,(H2,17,18)(H,19,24). The van der Waals surface area contributed by atoms with E-state index in [0.29, 0.717) is 17.1 Å². The van der Waals surface area contributed by atoms with Crippen molar-refractivity contribution in [2.24, 2.45) is 7.05 Å². The molecule has 3 aromatic heterocycles. The van der Waals surface area contributed by atoms with Crippen LogP contribution in [0.25, 0.3) is 11.5 Å². The van der Waals surface area contributed by atoms with E-state index in [1.165, 1.54) is 17.1 Å². The number of carbonyl (C=O) groups excluding carboxylic acids is 2. The largest absolute Gasteiger partial charge is 0.444 e. The van der Waals surface area contributed by atoms with E-state index in [0.717, 1.165) is 0 Å². The average Bonchev–Trinajstić information content (AvgIpc) is 3.21. The van der Waals surface area contributed by atoms with Crippen LogP contribution in [0.4, 0.5) is 11.5 Å². The van der Waals surface area contributed by atoms with Gasteiger partial charge in [0.05, 0.1) is 5.69 Å². The van der Waals surface area contributed by atoms with Crippen LogP contribution in [0, 0.1) is 0 Å². The molecule has 128 valence electrons. The highest BCUT2D eigenvalue weighted by atomic mass is 16.3. The van der Waals surface area contributed by atoms with Crippen LogP contribution in [0.3, 0.4) is 0 Å². The van der Waals surface area contributed by atoms with Crippen molar-refractivity contribution in [3.63, 3.8) is 0 Å². The predicted molar refractivity (Wildman–Crippen MR) is 89.9 cm³/mol. The summed E-state index contributed by atoms with van der Waals surface area (Å²) in [7, 11) is 1.67. The Bertz CT molecular complexity index is 943. The molecule has 0 spiro atoms. The van der Waals surface area contributed by atoms with Gasteiger partial charge in [-0.1, -0.05) is 6.92 Å². The van der Waals surface area contributed by atoms with E-state index < -0.39 is 5.91 Å². The highest BCUT2D eigenvalue weighted by Gasteiger charge is 2.19. The molecule has 1 amide bonds. The molecule has 0 fully saturated rings. The Morgan fingerprint density at radius 3 is 2.92 bits per heavy atom. The molecule has 0 radical (unpaired) electrons. The summed E-state index contributed by atoms with van der Waals surface area (Å²) in [5, 5.41) is 6.71. The number of hydrogen-bond donors (Lipinski definition) is 2. The van der Waals surface area contributed by atoms with Crippen LogP contribution in [0.2, 0.25) is 0 Å². The van der Waals surface area contributed by atoms with E-state index in [4.69, 9.17) is 10.2 Å². The second-order valence-corrected chi connectivity index (χ2v) is 5.30. The lowest BCUT2D eigenvalue weighted by Gasteiger charge is -2.01. The summed E-state index contributed by atoms with van der Waals surface area (Å²) in [5.74, 6) is -0.103. The molecule has 3 heterocycles. The predicted octanol–water partition coefficient (Wildman–Crippen LogP) is 1.90. The first-order chi connectivity index (χ1) is 12.0. The number of pyridine rings is 1. The number of rotatable bonds is 5. The average molecular weight is 340 g/mol. The fourth-order valence-electron chi connectivity index (χ4n) is 2.23. The number of amides is 1. The molecule has 0 aliphatic carbocycles. The Morgan fingerprint density at radius 2 is 2.20 bits per heavy atom. The van der Waals surface area contributed by atoms with Crippen LogP contribution in [-0.2, 0) is 7.05 Å². The van der Waals surface area contributed by atoms with Gasteiger partial charge in [0, 0.05) is 31.4 Å². The molecule has 0 unspecified atom stereocenters. The molecule has 25 heavy (non-hydrogen) atoms. The molecule has 3 N–H and O–H groups in total. The van der Waals surface area contributed by atoms with Gasteiger partial charge in [-0.15, -0.1) is 0 Å². The molecule has 3 rings (SSSR count). The SMILES string of the molecule is CCC(=O)c1nn(C)cc1NC(=O)c1coc(-c2ccnc(N)c2)n1. The summed E-state index contributed by atoms with van der Waals surface area (Å²) in [6, 6.07) is 3.26. The number of ketones is 1. The summed E-state index contributed by atoms with van der Waals surface area (Å²) in [6.07, 6.45) is 4.61. The van der Waals surface area contributed by atoms with Crippen molar-refractivity contribution >= 4 is 23.2 Å². The van der Waals surface area contributed by atoms with E-state index in [1.54, 1.807) is 32.3 Å². The van der Waals surface area contributed by atoms with Gasteiger partial charge in [0.1, 0.15) is 12.1 Å². The molecule has 0 atom stereocenters. The van der Waals surface area contributed by atoms with Gasteiger partial charge in [-0.2, -0.15) is 5.10 Å². The lowest BCUT2D eigenvalue weighted by molar-refractivity contribution is 0.0983. The second-order valence-electron chi connectivity index (χ2n) is 5.30. The van der Waals surface area contributed by atoms with E-state index in [1.807, 2.05) is 0 Å². The number of nitrogens with zero attached hydrogens (tertiary/aromatic N) is 4. The molecule has 0 aliphatic rings. The van der Waals surface area contributed by atoms with Crippen molar-refractivity contribution in [3.05, 3.63) is 42.2 Å². The van der Waals surface area contributed by atoms with E-state index >= 15 is 0 Å². The normalized spacial score (nSPS) is 10.6. The van der Waals surface area contributed by atoms with Gasteiger partial charge in [-0.25, -0.2) is 9.97 Å². The number of oxazole rings is 1. The maximum atomic E-state index is 12.4. The fraction of sp³-hybridized carbons (Fsp3) is 0.188. The number of Topliss-reactive ketones (excluding diaryl/α,β-unsaturated/α-hetero) is 1. The summed E-state index contributed by atoms with van der Waals surface area (Å²) in [5.41, 5.74) is 6.85.